The van der Waals surface area contributed by atoms with E-state index in [4.69, 9.17) is 33.8 Å². The van der Waals surface area contributed by atoms with Gasteiger partial charge in [0.15, 0.2) is 11.9 Å². The topological polar surface area (TPSA) is 193 Å². The van der Waals surface area contributed by atoms with Gasteiger partial charge in [0.25, 0.3) is 0 Å². The van der Waals surface area contributed by atoms with Crippen LogP contribution in [0.4, 0.5) is 11.4 Å². The van der Waals surface area contributed by atoms with Gasteiger partial charge in [-0.25, -0.2) is 0 Å². The number of rotatable bonds is 10. The lowest BCUT2D eigenvalue weighted by Gasteiger charge is -2.09. The molecule has 10 N–H and O–H groups in total. The number of nitrogens with two attached hydrogens (primary N) is 4. The SMILES string of the molecule is CCn1c(-c2ccccc2)c(N)c2ccccc21.CCn1c(-c2ccccc2)c(N)c2ccccc21.CN(C=NCc1ccc(CN=CN(C)C(=N)N)cc1)C(=N)N. The highest BCUT2D eigenvalue weighted by atomic mass is 15.2. The first kappa shape index (κ1) is 41.8. The van der Waals surface area contributed by atoms with E-state index in [1.165, 1.54) is 44.6 Å². The Labute approximate surface area is 340 Å². The first-order valence-corrected chi connectivity index (χ1v) is 19.1. The van der Waals surface area contributed by atoms with Crippen LogP contribution < -0.4 is 22.9 Å². The largest absolute Gasteiger partial charge is 0.396 e. The highest BCUT2D eigenvalue weighted by Gasteiger charge is 2.16. The van der Waals surface area contributed by atoms with Crippen molar-refractivity contribution in [3.05, 3.63) is 145 Å². The molecular formula is C46H54N12. The van der Waals surface area contributed by atoms with Crippen molar-refractivity contribution in [1.82, 2.24) is 18.9 Å². The Morgan fingerprint density at radius 3 is 1.19 bits per heavy atom. The van der Waals surface area contributed by atoms with Gasteiger partial charge >= 0.3 is 0 Å². The maximum atomic E-state index is 7.21. The van der Waals surface area contributed by atoms with Crippen molar-refractivity contribution in [2.24, 2.45) is 21.5 Å². The summed E-state index contributed by atoms with van der Waals surface area (Å²) in [6.45, 7) is 7.18. The van der Waals surface area contributed by atoms with E-state index >= 15 is 0 Å². The van der Waals surface area contributed by atoms with Gasteiger partial charge in [0.1, 0.15) is 0 Å². The standard InChI is InChI=1S/2C16H16N2.C14H22N8/c2*1-2-18-14-11-7-6-10-13(14)15(17)16(18)12-8-4-3-5-9-12;1-21(13(15)16)9-19-7-11-3-5-12(6-4-11)8-20-10-22(2)14(17)18/h2*3-11H,2,17H2,1H3;3-6,9-10H,7-8H2,1-2H3,(H3,15,16)(H3,17,18). The van der Waals surface area contributed by atoms with Crippen LogP contribution in [-0.4, -0.2) is 57.6 Å². The Balaban J connectivity index is 0.000000166. The summed E-state index contributed by atoms with van der Waals surface area (Å²) in [5.74, 6) is -0.0972. The second kappa shape index (κ2) is 20.0. The smallest absolute Gasteiger partial charge is 0.193 e. The number of anilines is 2. The van der Waals surface area contributed by atoms with E-state index in [1.54, 1.807) is 14.1 Å². The van der Waals surface area contributed by atoms with Gasteiger partial charge in [0.05, 0.1) is 59.6 Å². The van der Waals surface area contributed by atoms with Crippen LogP contribution in [0.15, 0.2) is 143 Å². The summed E-state index contributed by atoms with van der Waals surface area (Å²) in [7, 11) is 3.34. The Morgan fingerprint density at radius 1 is 0.534 bits per heavy atom. The second-order valence-corrected chi connectivity index (χ2v) is 13.5. The zero-order chi connectivity index (χ0) is 41.6. The maximum absolute atomic E-state index is 7.21. The van der Waals surface area contributed by atoms with Crippen LogP contribution in [-0.2, 0) is 26.2 Å². The van der Waals surface area contributed by atoms with Crippen molar-refractivity contribution in [3.8, 4) is 22.5 Å². The molecule has 0 saturated heterocycles. The number of fused-ring (bicyclic) bond motifs is 2. The van der Waals surface area contributed by atoms with Crippen molar-refractivity contribution < 1.29 is 0 Å². The van der Waals surface area contributed by atoms with Gasteiger partial charge in [0, 0.05) is 49.1 Å². The third-order valence-electron chi connectivity index (χ3n) is 9.59. The Hall–Kier alpha value is -7.34. The van der Waals surface area contributed by atoms with Crippen LogP contribution in [0.1, 0.15) is 25.0 Å². The normalized spacial score (nSPS) is 11.0. The van der Waals surface area contributed by atoms with E-state index in [0.717, 1.165) is 57.8 Å². The predicted octanol–water partition coefficient (Wildman–Crippen LogP) is 8.21. The zero-order valence-electron chi connectivity index (χ0n) is 33.7. The van der Waals surface area contributed by atoms with E-state index < -0.39 is 0 Å². The summed E-state index contributed by atoms with van der Waals surface area (Å²) in [5.41, 5.74) is 34.1. The van der Waals surface area contributed by atoms with Crippen LogP contribution >= 0.6 is 0 Å². The van der Waals surface area contributed by atoms with Gasteiger partial charge in [-0.1, -0.05) is 121 Å². The quantitative estimate of drug-likeness (QED) is 0.0599. The molecule has 298 valence electrons. The molecule has 0 aliphatic rings. The Morgan fingerprint density at radius 2 is 0.862 bits per heavy atom. The molecular weight excluding hydrogens is 721 g/mol. The lowest BCUT2D eigenvalue weighted by molar-refractivity contribution is 0.748. The summed E-state index contributed by atoms with van der Waals surface area (Å²) in [4.78, 5) is 11.3. The third kappa shape index (κ3) is 10.1. The van der Waals surface area contributed by atoms with E-state index in [2.05, 4.69) is 93.6 Å². The summed E-state index contributed by atoms with van der Waals surface area (Å²) in [6.07, 6.45) is 3.05. The molecule has 12 nitrogen and oxygen atoms in total. The number of aryl methyl sites for hydroxylation is 2. The monoisotopic (exact) mass is 774 g/mol. The van der Waals surface area contributed by atoms with Gasteiger partial charge < -0.3 is 41.9 Å². The minimum atomic E-state index is -0.0486. The maximum Gasteiger partial charge on any atom is 0.193 e. The second-order valence-electron chi connectivity index (χ2n) is 13.5. The minimum Gasteiger partial charge on any atom is -0.396 e. The average molecular weight is 775 g/mol. The van der Waals surface area contributed by atoms with E-state index in [0.29, 0.717) is 13.1 Å². The summed E-state index contributed by atoms with van der Waals surface area (Å²) >= 11 is 0. The number of nitrogens with one attached hydrogen (secondary N) is 2. The van der Waals surface area contributed by atoms with Crippen LogP contribution in [0.25, 0.3) is 44.3 Å². The summed E-state index contributed by atoms with van der Waals surface area (Å²) in [5, 5.41) is 16.7. The Kier molecular flexibility index (Phi) is 14.4. The van der Waals surface area contributed by atoms with Crippen LogP contribution in [0, 0.1) is 10.8 Å². The van der Waals surface area contributed by atoms with Gasteiger partial charge in [-0.15, -0.1) is 0 Å². The molecule has 0 unspecified atom stereocenters. The molecule has 0 atom stereocenters. The Bertz CT molecular complexity index is 2310. The molecule has 12 heteroatoms. The van der Waals surface area contributed by atoms with E-state index in [9.17, 15) is 0 Å². The fourth-order valence-electron chi connectivity index (χ4n) is 6.54. The number of aromatic nitrogens is 2. The highest BCUT2D eigenvalue weighted by molar-refractivity contribution is 6.01. The number of aliphatic imine (C=N–C) groups is 2. The lowest BCUT2D eigenvalue weighted by Crippen LogP contribution is -2.31. The molecule has 0 spiro atoms. The number of para-hydroxylation sites is 2. The van der Waals surface area contributed by atoms with E-state index in [-0.39, 0.29) is 11.9 Å². The highest BCUT2D eigenvalue weighted by Crippen LogP contribution is 2.37. The van der Waals surface area contributed by atoms with Gasteiger partial charge in [-0.2, -0.15) is 0 Å². The number of nitrogen functional groups attached to an aromatic ring is 2. The number of benzene rings is 5. The van der Waals surface area contributed by atoms with Gasteiger partial charge in [-0.05, 0) is 37.1 Å². The molecule has 58 heavy (non-hydrogen) atoms. The molecule has 0 fully saturated rings. The molecule has 0 amide bonds. The van der Waals surface area contributed by atoms with Crippen LogP contribution in [0.2, 0.25) is 0 Å². The third-order valence-corrected chi connectivity index (χ3v) is 9.59. The molecule has 2 heterocycles. The molecule has 0 radical (unpaired) electrons. The summed E-state index contributed by atoms with van der Waals surface area (Å²) < 4.78 is 4.56. The number of hydrogen-bond donors (Lipinski definition) is 6. The van der Waals surface area contributed by atoms with Crippen molar-refractivity contribution >= 4 is 57.8 Å². The molecule has 7 aromatic rings. The molecule has 0 aliphatic heterocycles. The molecule has 5 aromatic carbocycles. The molecule has 0 saturated carbocycles. The fourth-order valence-corrected chi connectivity index (χ4v) is 6.54. The van der Waals surface area contributed by atoms with Crippen molar-refractivity contribution in [3.63, 3.8) is 0 Å². The molecule has 2 aromatic heterocycles. The molecule has 0 aliphatic carbocycles. The number of guanidine groups is 2. The first-order valence-electron chi connectivity index (χ1n) is 19.1. The predicted molar refractivity (Wildman–Crippen MR) is 245 cm³/mol. The van der Waals surface area contributed by atoms with Crippen LogP contribution in [0.3, 0.4) is 0 Å². The average Bonchev–Trinajstić information content (AvgIpc) is 3.71. The minimum absolute atomic E-state index is 0.0486. The van der Waals surface area contributed by atoms with Gasteiger partial charge in [0.2, 0.25) is 0 Å². The molecule has 0 bridgehead atoms. The zero-order valence-corrected chi connectivity index (χ0v) is 33.7. The van der Waals surface area contributed by atoms with Crippen LogP contribution in [0.5, 0.6) is 0 Å². The first-order chi connectivity index (χ1) is 28.0. The van der Waals surface area contributed by atoms with Crippen molar-refractivity contribution in [1.29, 1.82) is 10.8 Å². The van der Waals surface area contributed by atoms with Crippen molar-refractivity contribution in [2.75, 3.05) is 25.6 Å². The fraction of sp³-hybridized carbons (Fsp3) is 0.174. The number of hydrogen-bond acceptors (Lipinski definition) is 6. The lowest BCUT2D eigenvalue weighted by atomic mass is 10.1. The van der Waals surface area contributed by atoms with Crippen molar-refractivity contribution in [2.45, 2.75) is 40.0 Å². The number of nitrogens with zero attached hydrogens (tertiary/aromatic N) is 6. The molecule has 7 rings (SSSR count). The van der Waals surface area contributed by atoms with Gasteiger partial charge in [-0.3, -0.25) is 20.8 Å². The summed E-state index contributed by atoms with van der Waals surface area (Å²) in [6, 6.07) is 45.2. The van der Waals surface area contributed by atoms with E-state index in [1.807, 2.05) is 72.8 Å².